The summed E-state index contributed by atoms with van der Waals surface area (Å²) in [4.78, 5) is 27.9. The Labute approximate surface area is 144 Å². The summed E-state index contributed by atoms with van der Waals surface area (Å²) in [6.07, 6.45) is 3.19. The molecule has 128 valence electrons. The van der Waals surface area contributed by atoms with Crippen molar-refractivity contribution in [3.8, 4) is 0 Å². The van der Waals surface area contributed by atoms with Gasteiger partial charge >= 0.3 is 0 Å². The Balaban J connectivity index is 1.78. The number of likely N-dealkylation sites (tertiary alicyclic amines) is 1. The average Bonchev–Trinajstić information content (AvgIpc) is 3.25. The maximum absolute atomic E-state index is 12.8. The number of nitrogens with one attached hydrogen (secondary N) is 1. The number of aromatic nitrogens is 1. The zero-order valence-corrected chi connectivity index (χ0v) is 14.7. The number of thiophene rings is 1. The van der Waals surface area contributed by atoms with Crippen LogP contribution in [-0.4, -0.2) is 34.5 Å². The highest BCUT2D eigenvalue weighted by Gasteiger charge is 2.33. The first-order valence-corrected chi connectivity index (χ1v) is 9.10. The van der Waals surface area contributed by atoms with Gasteiger partial charge in [-0.05, 0) is 37.6 Å². The summed E-state index contributed by atoms with van der Waals surface area (Å²) in [6.45, 7) is 4.36. The summed E-state index contributed by atoms with van der Waals surface area (Å²) in [7, 11) is 0. The Bertz CT molecular complexity index is 724. The standard InChI is InChI=1S/C17H21N3O3S/c1-3-13-15(11(2)19-23-13)18-16(21)12-7-4-5-9-20(12)17(22)14-8-6-10-24-14/h6,8,10,12H,3-5,7,9H2,1-2H3,(H,18,21). The van der Waals surface area contributed by atoms with Gasteiger partial charge < -0.3 is 14.7 Å². The van der Waals surface area contributed by atoms with Gasteiger partial charge in [0.2, 0.25) is 5.91 Å². The van der Waals surface area contributed by atoms with Crippen LogP contribution in [0.1, 0.15) is 47.3 Å². The van der Waals surface area contributed by atoms with E-state index in [0.717, 1.165) is 12.8 Å². The van der Waals surface area contributed by atoms with Gasteiger partial charge in [0.05, 0.1) is 4.88 Å². The van der Waals surface area contributed by atoms with Crippen LogP contribution in [0.2, 0.25) is 0 Å². The molecule has 1 saturated heterocycles. The molecular weight excluding hydrogens is 326 g/mol. The molecule has 0 aromatic carbocycles. The Hall–Kier alpha value is -2.15. The number of hydrogen-bond donors (Lipinski definition) is 1. The van der Waals surface area contributed by atoms with Crippen LogP contribution in [0.5, 0.6) is 0 Å². The van der Waals surface area contributed by atoms with Crippen LogP contribution in [-0.2, 0) is 11.2 Å². The number of anilines is 1. The van der Waals surface area contributed by atoms with Gasteiger partial charge in [-0.15, -0.1) is 11.3 Å². The van der Waals surface area contributed by atoms with Gasteiger partial charge in [-0.25, -0.2) is 0 Å². The lowest BCUT2D eigenvalue weighted by Gasteiger charge is -2.34. The number of aryl methyl sites for hydroxylation is 2. The van der Waals surface area contributed by atoms with Crippen LogP contribution >= 0.6 is 11.3 Å². The second-order valence-corrected chi connectivity index (χ2v) is 6.84. The molecule has 0 bridgehead atoms. The maximum Gasteiger partial charge on any atom is 0.264 e. The fraction of sp³-hybridized carbons (Fsp3) is 0.471. The fourth-order valence-electron chi connectivity index (χ4n) is 3.01. The van der Waals surface area contributed by atoms with Crippen molar-refractivity contribution in [1.82, 2.24) is 10.1 Å². The van der Waals surface area contributed by atoms with Crippen LogP contribution in [0.15, 0.2) is 22.0 Å². The van der Waals surface area contributed by atoms with Gasteiger partial charge in [0.15, 0.2) is 5.76 Å². The summed E-state index contributed by atoms with van der Waals surface area (Å²) < 4.78 is 5.22. The number of carbonyl (C=O) groups excluding carboxylic acids is 2. The number of amides is 2. The van der Waals surface area contributed by atoms with Gasteiger partial charge in [-0.3, -0.25) is 9.59 Å². The summed E-state index contributed by atoms with van der Waals surface area (Å²) in [5, 5.41) is 8.71. The van der Waals surface area contributed by atoms with E-state index in [1.54, 1.807) is 17.9 Å². The lowest BCUT2D eigenvalue weighted by Crippen LogP contribution is -2.49. The van der Waals surface area contributed by atoms with E-state index in [-0.39, 0.29) is 11.8 Å². The van der Waals surface area contributed by atoms with Crippen LogP contribution < -0.4 is 5.32 Å². The summed E-state index contributed by atoms with van der Waals surface area (Å²) in [5.41, 5.74) is 1.30. The molecule has 24 heavy (non-hydrogen) atoms. The van der Waals surface area contributed by atoms with Gasteiger partial charge in [-0.2, -0.15) is 0 Å². The molecule has 2 aromatic heterocycles. The Morgan fingerprint density at radius 3 is 3.00 bits per heavy atom. The molecule has 1 fully saturated rings. The van der Waals surface area contributed by atoms with Gasteiger partial charge in [-0.1, -0.05) is 18.1 Å². The van der Waals surface area contributed by atoms with E-state index in [4.69, 9.17) is 4.52 Å². The normalized spacial score (nSPS) is 17.8. The zero-order chi connectivity index (χ0) is 17.1. The van der Waals surface area contributed by atoms with Crippen LogP contribution in [0.4, 0.5) is 5.69 Å². The van der Waals surface area contributed by atoms with E-state index in [9.17, 15) is 9.59 Å². The molecule has 0 aliphatic carbocycles. The monoisotopic (exact) mass is 347 g/mol. The minimum absolute atomic E-state index is 0.0670. The van der Waals surface area contributed by atoms with Crippen molar-refractivity contribution in [2.24, 2.45) is 0 Å². The highest BCUT2D eigenvalue weighted by molar-refractivity contribution is 7.12. The first-order chi connectivity index (χ1) is 11.6. The highest BCUT2D eigenvalue weighted by atomic mass is 32.1. The second-order valence-electron chi connectivity index (χ2n) is 5.90. The van der Waals surface area contributed by atoms with E-state index in [2.05, 4.69) is 10.5 Å². The molecule has 3 rings (SSSR count). The molecule has 0 saturated carbocycles. The molecule has 3 heterocycles. The van der Waals surface area contributed by atoms with E-state index >= 15 is 0 Å². The van der Waals surface area contributed by atoms with Gasteiger partial charge in [0.25, 0.3) is 5.91 Å². The molecule has 2 amide bonds. The number of rotatable bonds is 4. The van der Waals surface area contributed by atoms with Crippen LogP contribution in [0.3, 0.4) is 0 Å². The molecule has 0 radical (unpaired) electrons. The minimum Gasteiger partial charge on any atom is -0.359 e. The fourth-order valence-corrected chi connectivity index (χ4v) is 3.69. The van der Waals surface area contributed by atoms with Gasteiger partial charge in [0.1, 0.15) is 17.4 Å². The summed E-state index contributed by atoms with van der Waals surface area (Å²) in [5.74, 6) is 0.427. The zero-order valence-electron chi connectivity index (χ0n) is 13.9. The lowest BCUT2D eigenvalue weighted by atomic mass is 10.0. The van der Waals surface area contributed by atoms with Crippen molar-refractivity contribution in [2.75, 3.05) is 11.9 Å². The predicted octanol–water partition coefficient (Wildman–Crippen LogP) is 3.24. The smallest absolute Gasteiger partial charge is 0.264 e. The lowest BCUT2D eigenvalue weighted by molar-refractivity contribution is -0.121. The van der Waals surface area contributed by atoms with Crippen LogP contribution in [0.25, 0.3) is 0 Å². The molecule has 1 N–H and O–H groups in total. The molecule has 2 aromatic rings. The Morgan fingerprint density at radius 1 is 1.46 bits per heavy atom. The number of hydrogen-bond acceptors (Lipinski definition) is 5. The first kappa shape index (κ1) is 16.7. The molecule has 1 aliphatic heterocycles. The van der Waals surface area contributed by atoms with Crippen molar-refractivity contribution in [3.63, 3.8) is 0 Å². The van der Waals surface area contributed by atoms with E-state index < -0.39 is 6.04 Å². The Kier molecular flexibility index (Phi) is 4.99. The maximum atomic E-state index is 12.8. The first-order valence-electron chi connectivity index (χ1n) is 8.22. The summed E-state index contributed by atoms with van der Waals surface area (Å²) >= 11 is 1.40. The third-order valence-electron chi connectivity index (χ3n) is 4.30. The molecule has 1 unspecified atom stereocenters. The molecule has 6 nitrogen and oxygen atoms in total. The molecule has 0 spiro atoms. The SMILES string of the molecule is CCc1onc(C)c1NC(=O)C1CCCCN1C(=O)c1cccs1. The van der Waals surface area contributed by atoms with E-state index in [0.29, 0.717) is 41.4 Å². The average molecular weight is 347 g/mol. The van der Waals surface area contributed by atoms with E-state index in [1.165, 1.54) is 11.3 Å². The number of piperidine rings is 1. The third-order valence-corrected chi connectivity index (χ3v) is 5.16. The largest absolute Gasteiger partial charge is 0.359 e. The van der Waals surface area contributed by atoms with E-state index in [1.807, 2.05) is 18.4 Å². The number of carbonyl (C=O) groups is 2. The van der Waals surface area contributed by atoms with Crippen molar-refractivity contribution < 1.29 is 14.1 Å². The Morgan fingerprint density at radius 2 is 2.29 bits per heavy atom. The van der Waals surface area contributed by atoms with Gasteiger partial charge in [0, 0.05) is 13.0 Å². The molecule has 1 aliphatic rings. The molecule has 7 heteroatoms. The van der Waals surface area contributed by atoms with Crippen molar-refractivity contribution in [3.05, 3.63) is 33.8 Å². The predicted molar refractivity (Wildman–Crippen MR) is 92.2 cm³/mol. The number of nitrogens with zero attached hydrogens (tertiary/aromatic N) is 2. The molecule has 1 atom stereocenters. The molecular formula is C17H21N3O3S. The minimum atomic E-state index is -0.452. The highest BCUT2D eigenvalue weighted by Crippen LogP contribution is 2.25. The quantitative estimate of drug-likeness (QED) is 0.921. The topological polar surface area (TPSA) is 75.4 Å². The van der Waals surface area contributed by atoms with Crippen molar-refractivity contribution >= 4 is 28.8 Å². The van der Waals surface area contributed by atoms with Crippen molar-refractivity contribution in [2.45, 2.75) is 45.6 Å². The van der Waals surface area contributed by atoms with Crippen LogP contribution in [0, 0.1) is 6.92 Å². The van der Waals surface area contributed by atoms with Crippen molar-refractivity contribution in [1.29, 1.82) is 0 Å². The summed E-state index contributed by atoms with van der Waals surface area (Å²) in [6, 6.07) is 3.20. The second kappa shape index (κ2) is 7.17. The third kappa shape index (κ3) is 3.21.